The lowest BCUT2D eigenvalue weighted by molar-refractivity contribution is -0.111. The predicted octanol–water partition coefficient (Wildman–Crippen LogP) is 2.58. The molecule has 1 aromatic rings. The minimum absolute atomic E-state index is 0.150. The van der Waals surface area contributed by atoms with E-state index in [1.807, 2.05) is 13.8 Å². The van der Waals surface area contributed by atoms with Crippen LogP contribution in [-0.4, -0.2) is 21.1 Å². The second-order valence-electron chi connectivity index (χ2n) is 2.43. The van der Waals surface area contributed by atoms with E-state index in [4.69, 9.17) is 12.2 Å². The van der Waals surface area contributed by atoms with Crippen molar-refractivity contribution in [1.29, 1.82) is 0 Å². The van der Waals surface area contributed by atoms with E-state index in [-0.39, 0.29) is 11.0 Å². The van der Waals surface area contributed by atoms with Crippen molar-refractivity contribution >= 4 is 40.4 Å². The maximum Gasteiger partial charge on any atom is 0.198 e. The number of hydrogen-bond acceptors (Lipinski definition) is 5. The van der Waals surface area contributed by atoms with E-state index in [9.17, 15) is 4.79 Å². The Kier molecular flexibility index (Phi) is 4.08. The van der Waals surface area contributed by atoms with Crippen molar-refractivity contribution in [2.75, 3.05) is 5.75 Å². The molecule has 0 bridgehead atoms. The Bertz CT molecular complexity index is 344. The van der Waals surface area contributed by atoms with E-state index in [0.29, 0.717) is 3.95 Å². The van der Waals surface area contributed by atoms with Crippen molar-refractivity contribution in [1.82, 2.24) is 10.2 Å². The van der Waals surface area contributed by atoms with Crippen molar-refractivity contribution in [2.24, 2.45) is 0 Å². The van der Waals surface area contributed by atoms with Gasteiger partial charge in [-0.2, -0.15) is 5.10 Å². The molecule has 0 radical (unpaired) electrons. The number of nitrogens with one attached hydrogen (secondary N) is 1. The Labute approximate surface area is 89.9 Å². The molecule has 1 N–H and O–H groups in total. The predicted molar refractivity (Wildman–Crippen MR) is 58.9 cm³/mol. The Morgan fingerprint density at radius 1 is 1.85 bits per heavy atom. The lowest BCUT2D eigenvalue weighted by atomic mass is 10.2. The number of carbonyl (C=O) groups excluding carboxylic acids is 1. The summed E-state index contributed by atoms with van der Waals surface area (Å²) in [7, 11) is 0. The molecule has 6 heteroatoms. The molecule has 0 aromatic carbocycles. The number of rotatable bonds is 3. The first-order valence-corrected chi connectivity index (χ1v) is 6.08. The lowest BCUT2D eigenvalue weighted by Gasteiger charge is -2.03. The topological polar surface area (TPSA) is 45.8 Å². The van der Waals surface area contributed by atoms with Gasteiger partial charge in [-0.05, 0) is 24.9 Å². The lowest BCUT2D eigenvalue weighted by Crippen LogP contribution is -2.04. The molecule has 0 aliphatic heterocycles. The van der Waals surface area contributed by atoms with Crippen molar-refractivity contribution in [3.05, 3.63) is 8.96 Å². The molecule has 0 aliphatic carbocycles. The highest BCUT2D eigenvalue weighted by molar-refractivity contribution is 8.13. The number of carbonyl (C=O) groups is 1. The Morgan fingerprint density at radius 2 is 2.54 bits per heavy atom. The van der Waals surface area contributed by atoms with Crippen LogP contribution in [0.15, 0.2) is 0 Å². The molecular formula is C7H10N2OS3. The Hall–Kier alpha value is -0.200. The summed E-state index contributed by atoms with van der Waals surface area (Å²) < 4.78 is 0.621. The van der Waals surface area contributed by atoms with Gasteiger partial charge in [0, 0.05) is 0 Å². The van der Waals surface area contributed by atoms with E-state index in [0.717, 1.165) is 10.8 Å². The van der Waals surface area contributed by atoms with Crippen LogP contribution in [0.5, 0.6) is 0 Å². The van der Waals surface area contributed by atoms with Gasteiger partial charge in [-0.25, -0.2) is 0 Å². The van der Waals surface area contributed by atoms with Gasteiger partial charge in [0.05, 0.1) is 5.92 Å². The smallest absolute Gasteiger partial charge is 0.198 e. The maximum atomic E-state index is 11.4. The van der Waals surface area contributed by atoms with Crippen LogP contribution >= 0.6 is 35.3 Å². The minimum atomic E-state index is -0.150. The number of aromatic amines is 1. The fraction of sp³-hybridized carbons (Fsp3) is 0.571. The standard InChI is InChI=1S/C7H10N2OS3/c1-3-12-6(10)4(2)5-8-9-7(11)13-5/h4H,3H2,1-2H3,(H,9,11). The van der Waals surface area contributed by atoms with Gasteiger partial charge in [0.25, 0.3) is 0 Å². The molecule has 0 saturated heterocycles. The summed E-state index contributed by atoms with van der Waals surface area (Å²) in [5, 5.41) is 7.57. The van der Waals surface area contributed by atoms with Crippen LogP contribution in [-0.2, 0) is 4.79 Å². The van der Waals surface area contributed by atoms with Crippen LogP contribution in [0.4, 0.5) is 0 Å². The molecule has 1 unspecified atom stereocenters. The second-order valence-corrected chi connectivity index (χ2v) is 5.39. The van der Waals surface area contributed by atoms with Gasteiger partial charge in [-0.15, -0.1) is 0 Å². The zero-order valence-corrected chi connectivity index (χ0v) is 9.81. The van der Waals surface area contributed by atoms with E-state index in [1.54, 1.807) is 0 Å². The fourth-order valence-corrected chi connectivity index (χ4v) is 2.47. The van der Waals surface area contributed by atoms with Gasteiger partial charge in [0.1, 0.15) is 5.01 Å². The molecule has 0 aliphatic rings. The van der Waals surface area contributed by atoms with Crippen LogP contribution in [0.3, 0.4) is 0 Å². The Morgan fingerprint density at radius 3 is 3.00 bits per heavy atom. The molecule has 1 aromatic heterocycles. The summed E-state index contributed by atoms with van der Waals surface area (Å²) in [4.78, 5) is 11.4. The highest BCUT2D eigenvalue weighted by Gasteiger charge is 2.17. The average Bonchev–Trinajstić information content (AvgIpc) is 2.51. The van der Waals surface area contributed by atoms with E-state index < -0.39 is 0 Å². The number of aromatic nitrogens is 2. The summed E-state index contributed by atoms with van der Waals surface area (Å²) in [5.41, 5.74) is 0. The van der Waals surface area contributed by atoms with Gasteiger partial charge in [0.2, 0.25) is 0 Å². The summed E-state index contributed by atoms with van der Waals surface area (Å²) >= 11 is 7.57. The summed E-state index contributed by atoms with van der Waals surface area (Å²) in [6.07, 6.45) is 0. The van der Waals surface area contributed by atoms with Crippen LogP contribution in [0, 0.1) is 3.95 Å². The third kappa shape index (κ3) is 2.89. The average molecular weight is 234 g/mol. The number of hydrogen-bond donors (Lipinski definition) is 1. The van der Waals surface area contributed by atoms with Gasteiger partial charge < -0.3 is 0 Å². The van der Waals surface area contributed by atoms with Crippen molar-refractivity contribution in [3.63, 3.8) is 0 Å². The van der Waals surface area contributed by atoms with Gasteiger partial charge in [-0.1, -0.05) is 30.0 Å². The molecule has 1 atom stereocenters. The fourth-order valence-electron chi connectivity index (χ4n) is 0.795. The quantitative estimate of drug-likeness (QED) is 0.817. The van der Waals surface area contributed by atoms with Crippen molar-refractivity contribution in [2.45, 2.75) is 19.8 Å². The minimum Gasteiger partial charge on any atom is -0.286 e. The normalized spacial score (nSPS) is 12.8. The number of thioether (sulfide) groups is 1. The number of H-pyrrole nitrogens is 1. The molecule has 72 valence electrons. The van der Waals surface area contributed by atoms with Crippen LogP contribution in [0.1, 0.15) is 24.8 Å². The maximum absolute atomic E-state index is 11.4. The van der Waals surface area contributed by atoms with E-state index >= 15 is 0 Å². The number of nitrogens with zero attached hydrogens (tertiary/aromatic N) is 1. The molecule has 0 fully saturated rings. The molecule has 1 rings (SSSR count). The molecule has 0 spiro atoms. The molecule has 13 heavy (non-hydrogen) atoms. The summed E-state index contributed by atoms with van der Waals surface area (Å²) in [6.45, 7) is 3.81. The van der Waals surface area contributed by atoms with E-state index in [2.05, 4.69) is 10.2 Å². The first-order chi connectivity index (χ1) is 6.15. The first kappa shape index (κ1) is 10.9. The van der Waals surface area contributed by atoms with Gasteiger partial charge in [0.15, 0.2) is 9.07 Å². The molecule has 1 heterocycles. The van der Waals surface area contributed by atoms with Crippen LogP contribution in [0.25, 0.3) is 0 Å². The third-order valence-corrected chi connectivity index (χ3v) is 3.66. The second kappa shape index (κ2) is 4.88. The highest BCUT2D eigenvalue weighted by atomic mass is 32.2. The highest BCUT2D eigenvalue weighted by Crippen LogP contribution is 2.23. The molecule has 3 nitrogen and oxygen atoms in total. The van der Waals surface area contributed by atoms with Crippen molar-refractivity contribution < 1.29 is 4.79 Å². The third-order valence-electron chi connectivity index (χ3n) is 1.47. The zero-order valence-electron chi connectivity index (χ0n) is 7.36. The summed E-state index contributed by atoms with van der Waals surface area (Å²) in [5.74, 6) is 0.654. The summed E-state index contributed by atoms with van der Waals surface area (Å²) in [6, 6.07) is 0. The SMILES string of the molecule is CCSC(=O)C(C)c1n[nH]c(=S)s1. The zero-order chi connectivity index (χ0) is 9.84. The van der Waals surface area contributed by atoms with Gasteiger partial charge in [-0.3, -0.25) is 9.89 Å². The largest absolute Gasteiger partial charge is 0.286 e. The molecule has 0 saturated carbocycles. The monoisotopic (exact) mass is 234 g/mol. The molecular weight excluding hydrogens is 224 g/mol. The van der Waals surface area contributed by atoms with Crippen molar-refractivity contribution in [3.8, 4) is 0 Å². The van der Waals surface area contributed by atoms with Crippen LogP contribution < -0.4 is 0 Å². The Balaban J connectivity index is 2.73. The first-order valence-electron chi connectivity index (χ1n) is 3.87. The van der Waals surface area contributed by atoms with E-state index in [1.165, 1.54) is 23.1 Å². The van der Waals surface area contributed by atoms with Crippen LogP contribution in [0.2, 0.25) is 0 Å². The molecule has 0 amide bonds. The van der Waals surface area contributed by atoms with Gasteiger partial charge >= 0.3 is 0 Å².